The summed E-state index contributed by atoms with van der Waals surface area (Å²) in [5, 5.41) is 12.9. The molecule has 0 spiro atoms. The Morgan fingerprint density at radius 1 is 1.43 bits per heavy atom. The summed E-state index contributed by atoms with van der Waals surface area (Å²) in [6.45, 7) is 6.62. The van der Waals surface area contributed by atoms with Crippen LogP contribution < -0.4 is 5.32 Å². The van der Waals surface area contributed by atoms with Gasteiger partial charge in [0.25, 0.3) is 0 Å². The van der Waals surface area contributed by atoms with Gasteiger partial charge in [-0.15, -0.1) is 0 Å². The third-order valence-corrected chi connectivity index (χ3v) is 2.86. The van der Waals surface area contributed by atoms with Gasteiger partial charge in [0.05, 0.1) is 0 Å². The van der Waals surface area contributed by atoms with E-state index in [1.165, 1.54) is 5.56 Å². The third-order valence-electron chi connectivity index (χ3n) is 2.86. The van der Waals surface area contributed by atoms with E-state index in [0.29, 0.717) is 11.7 Å². The van der Waals surface area contributed by atoms with E-state index in [2.05, 4.69) is 26.1 Å². The Kier molecular flexibility index (Phi) is 1.95. The Morgan fingerprint density at radius 3 is 2.86 bits per heavy atom. The maximum absolute atomic E-state index is 9.40. The quantitative estimate of drug-likeness (QED) is 0.660. The fourth-order valence-corrected chi connectivity index (χ4v) is 2.37. The van der Waals surface area contributed by atoms with Crippen LogP contribution >= 0.6 is 0 Å². The smallest absolute Gasteiger partial charge is 0.117 e. The molecule has 1 aromatic rings. The molecule has 0 bridgehead atoms. The van der Waals surface area contributed by atoms with Crippen molar-refractivity contribution in [2.75, 3.05) is 5.32 Å². The molecule has 0 saturated carbocycles. The molecular weight excluding hydrogens is 174 g/mol. The molecule has 0 unspecified atom stereocenters. The lowest BCUT2D eigenvalue weighted by atomic mass is 9.82. The van der Waals surface area contributed by atoms with E-state index in [4.69, 9.17) is 0 Å². The number of phenolic OH excluding ortho intramolecular Hbond substituents is 1. The monoisotopic (exact) mass is 191 g/mol. The van der Waals surface area contributed by atoms with Crippen LogP contribution in [0.3, 0.4) is 0 Å². The van der Waals surface area contributed by atoms with Crippen molar-refractivity contribution in [1.82, 2.24) is 0 Å². The minimum absolute atomic E-state index is 0.125. The predicted molar refractivity (Wildman–Crippen MR) is 58.8 cm³/mol. The predicted octanol–water partition coefficient (Wildman–Crippen LogP) is 3.09. The summed E-state index contributed by atoms with van der Waals surface area (Å²) in [6.07, 6.45) is 1.13. The van der Waals surface area contributed by atoms with Crippen molar-refractivity contribution in [2.24, 2.45) is 0 Å². The molecule has 1 aromatic carbocycles. The number of fused-ring (bicyclic) bond motifs is 1. The summed E-state index contributed by atoms with van der Waals surface area (Å²) >= 11 is 0. The number of phenols is 1. The highest BCUT2D eigenvalue weighted by Gasteiger charge is 2.28. The van der Waals surface area contributed by atoms with Crippen molar-refractivity contribution in [1.29, 1.82) is 0 Å². The third kappa shape index (κ3) is 1.57. The molecule has 0 saturated heterocycles. The Morgan fingerprint density at radius 2 is 2.14 bits per heavy atom. The summed E-state index contributed by atoms with van der Waals surface area (Å²) < 4.78 is 0. The van der Waals surface area contributed by atoms with E-state index in [-0.39, 0.29) is 5.54 Å². The molecule has 2 rings (SSSR count). The second-order valence-electron chi connectivity index (χ2n) is 4.89. The van der Waals surface area contributed by atoms with E-state index in [1.54, 1.807) is 6.07 Å². The summed E-state index contributed by atoms with van der Waals surface area (Å²) in [4.78, 5) is 0. The average Bonchev–Trinajstić information content (AvgIpc) is 2.00. The SMILES string of the molecule is C[C@@H]1CC(C)(C)Nc2cc(O)ccc21. The molecule has 2 nitrogen and oxygen atoms in total. The van der Waals surface area contributed by atoms with Crippen molar-refractivity contribution >= 4 is 5.69 Å². The normalized spacial score (nSPS) is 23.8. The standard InChI is InChI=1S/C12H17NO/c1-8-7-12(2,3)13-11-6-9(14)4-5-10(8)11/h4-6,8,13-14H,7H2,1-3H3/t8-/m1/s1. The fourth-order valence-electron chi connectivity index (χ4n) is 2.37. The van der Waals surface area contributed by atoms with Crippen molar-refractivity contribution in [3.05, 3.63) is 23.8 Å². The molecular formula is C12H17NO. The second-order valence-corrected chi connectivity index (χ2v) is 4.89. The zero-order chi connectivity index (χ0) is 10.3. The summed E-state index contributed by atoms with van der Waals surface area (Å²) in [6, 6.07) is 5.58. The van der Waals surface area contributed by atoms with Gasteiger partial charge in [0.1, 0.15) is 5.75 Å². The molecule has 0 aromatic heterocycles. The number of hydrogen-bond acceptors (Lipinski definition) is 2. The first kappa shape index (κ1) is 9.38. The maximum atomic E-state index is 9.40. The van der Waals surface area contributed by atoms with Crippen LogP contribution in [0.4, 0.5) is 5.69 Å². The van der Waals surface area contributed by atoms with Gasteiger partial charge in [0.15, 0.2) is 0 Å². The molecule has 0 fully saturated rings. The minimum atomic E-state index is 0.125. The van der Waals surface area contributed by atoms with Crippen molar-refractivity contribution in [3.8, 4) is 5.75 Å². The molecule has 0 amide bonds. The van der Waals surface area contributed by atoms with Gasteiger partial charge in [-0.05, 0) is 37.8 Å². The number of anilines is 1. The molecule has 1 atom stereocenters. The summed E-state index contributed by atoms with van der Waals surface area (Å²) in [7, 11) is 0. The number of hydrogen-bond donors (Lipinski definition) is 2. The maximum Gasteiger partial charge on any atom is 0.117 e. The largest absolute Gasteiger partial charge is 0.508 e. The average molecular weight is 191 g/mol. The second kappa shape index (κ2) is 2.91. The van der Waals surface area contributed by atoms with Gasteiger partial charge < -0.3 is 10.4 Å². The lowest BCUT2D eigenvalue weighted by molar-refractivity contribution is 0.448. The molecule has 14 heavy (non-hydrogen) atoms. The van der Waals surface area contributed by atoms with Gasteiger partial charge in [-0.2, -0.15) is 0 Å². The highest BCUT2D eigenvalue weighted by Crippen LogP contribution is 2.39. The van der Waals surface area contributed by atoms with Crippen LogP contribution in [0.15, 0.2) is 18.2 Å². The molecule has 1 heterocycles. The number of aromatic hydroxyl groups is 1. The fraction of sp³-hybridized carbons (Fsp3) is 0.500. The van der Waals surface area contributed by atoms with E-state index in [9.17, 15) is 5.11 Å². The van der Waals surface area contributed by atoms with Gasteiger partial charge in [0, 0.05) is 17.3 Å². The topological polar surface area (TPSA) is 32.3 Å². The van der Waals surface area contributed by atoms with Crippen LogP contribution in [0.25, 0.3) is 0 Å². The highest BCUT2D eigenvalue weighted by molar-refractivity contribution is 5.59. The first-order valence-corrected chi connectivity index (χ1v) is 5.09. The zero-order valence-electron chi connectivity index (χ0n) is 8.96. The lowest BCUT2D eigenvalue weighted by Crippen LogP contribution is -2.36. The minimum Gasteiger partial charge on any atom is -0.508 e. The van der Waals surface area contributed by atoms with E-state index >= 15 is 0 Å². The van der Waals surface area contributed by atoms with Crippen LogP contribution in [0.1, 0.15) is 38.7 Å². The Hall–Kier alpha value is -1.18. The van der Waals surface area contributed by atoms with Crippen molar-refractivity contribution < 1.29 is 5.11 Å². The lowest BCUT2D eigenvalue weighted by Gasteiger charge is -2.37. The van der Waals surface area contributed by atoms with Gasteiger partial charge in [0.2, 0.25) is 0 Å². The van der Waals surface area contributed by atoms with Crippen LogP contribution in [0.5, 0.6) is 5.75 Å². The van der Waals surface area contributed by atoms with E-state index < -0.39 is 0 Å². The molecule has 2 N–H and O–H groups in total. The van der Waals surface area contributed by atoms with E-state index in [1.807, 2.05) is 12.1 Å². The molecule has 0 aliphatic carbocycles. The van der Waals surface area contributed by atoms with E-state index in [0.717, 1.165) is 12.1 Å². The summed E-state index contributed by atoms with van der Waals surface area (Å²) in [5.41, 5.74) is 2.51. The molecule has 0 radical (unpaired) electrons. The number of nitrogens with one attached hydrogen (secondary N) is 1. The first-order chi connectivity index (χ1) is 6.48. The van der Waals surface area contributed by atoms with Crippen LogP contribution in [-0.4, -0.2) is 10.6 Å². The van der Waals surface area contributed by atoms with Gasteiger partial charge in [-0.25, -0.2) is 0 Å². The van der Waals surface area contributed by atoms with Crippen LogP contribution in [0, 0.1) is 0 Å². The van der Waals surface area contributed by atoms with Gasteiger partial charge >= 0.3 is 0 Å². The Bertz CT molecular complexity index is 357. The molecule has 1 aliphatic heterocycles. The number of rotatable bonds is 0. The number of benzene rings is 1. The van der Waals surface area contributed by atoms with Crippen molar-refractivity contribution in [3.63, 3.8) is 0 Å². The molecule has 2 heteroatoms. The zero-order valence-corrected chi connectivity index (χ0v) is 8.96. The van der Waals surface area contributed by atoms with Crippen LogP contribution in [-0.2, 0) is 0 Å². The van der Waals surface area contributed by atoms with Crippen LogP contribution in [0.2, 0.25) is 0 Å². The summed E-state index contributed by atoms with van der Waals surface area (Å²) in [5.74, 6) is 0.892. The highest BCUT2D eigenvalue weighted by atomic mass is 16.3. The Balaban J connectivity index is 2.46. The van der Waals surface area contributed by atoms with Gasteiger partial charge in [-0.1, -0.05) is 13.0 Å². The first-order valence-electron chi connectivity index (χ1n) is 5.09. The van der Waals surface area contributed by atoms with Crippen molar-refractivity contribution in [2.45, 2.75) is 38.6 Å². The molecule has 76 valence electrons. The Labute approximate surface area is 85.0 Å². The molecule has 1 aliphatic rings. The van der Waals surface area contributed by atoms with Gasteiger partial charge in [-0.3, -0.25) is 0 Å².